The van der Waals surface area contributed by atoms with Crippen LogP contribution in [-0.4, -0.2) is 12.9 Å². The molecule has 156 valence electrons. The number of hydrogen-bond acceptors (Lipinski definition) is 4. The highest BCUT2D eigenvalue weighted by molar-refractivity contribution is 6.31. The van der Waals surface area contributed by atoms with E-state index in [1.54, 1.807) is 7.11 Å². The SMILES string of the molecule is COc1ccc(C2C=C3Nc4ccccc4NC(c4ccccc4Cl)C3C(=O)C2)cc1. The third kappa shape index (κ3) is 3.68. The molecule has 3 aromatic carbocycles. The summed E-state index contributed by atoms with van der Waals surface area (Å²) in [5.74, 6) is 0.660. The molecule has 3 aromatic rings. The Morgan fingerprint density at radius 3 is 2.39 bits per heavy atom. The number of ether oxygens (including phenoxy) is 1. The highest BCUT2D eigenvalue weighted by atomic mass is 35.5. The van der Waals surface area contributed by atoms with E-state index in [0.717, 1.165) is 33.9 Å². The fraction of sp³-hybridized carbons (Fsp3) is 0.192. The second-order valence-corrected chi connectivity index (χ2v) is 8.37. The number of carbonyl (C=O) groups is 1. The molecule has 0 spiro atoms. The van der Waals surface area contributed by atoms with Gasteiger partial charge in [0.1, 0.15) is 11.5 Å². The van der Waals surface area contributed by atoms with E-state index in [9.17, 15) is 4.79 Å². The zero-order chi connectivity index (χ0) is 21.4. The number of fused-ring (bicyclic) bond motifs is 2. The fourth-order valence-corrected chi connectivity index (χ4v) is 4.81. The highest BCUT2D eigenvalue weighted by Gasteiger charge is 2.40. The summed E-state index contributed by atoms with van der Waals surface area (Å²) in [6.07, 6.45) is 2.64. The zero-order valence-corrected chi connectivity index (χ0v) is 17.9. The van der Waals surface area contributed by atoms with Crippen LogP contribution in [0.1, 0.15) is 29.5 Å². The summed E-state index contributed by atoms with van der Waals surface area (Å²) in [6.45, 7) is 0. The molecule has 0 saturated carbocycles. The maximum absolute atomic E-state index is 13.5. The first kappa shape index (κ1) is 19.7. The maximum atomic E-state index is 13.5. The average molecular weight is 431 g/mol. The van der Waals surface area contributed by atoms with Crippen molar-refractivity contribution in [2.24, 2.45) is 5.92 Å². The molecule has 2 aliphatic rings. The van der Waals surface area contributed by atoms with E-state index in [-0.39, 0.29) is 23.7 Å². The van der Waals surface area contributed by atoms with Gasteiger partial charge in [0.05, 0.1) is 30.4 Å². The van der Waals surface area contributed by atoms with Crippen LogP contribution in [0.15, 0.2) is 84.6 Å². The number of hydrogen-bond donors (Lipinski definition) is 2. The van der Waals surface area contributed by atoms with Crippen molar-refractivity contribution in [3.63, 3.8) is 0 Å². The minimum atomic E-state index is -0.346. The van der Waals surface area contributed by atoms with Crippen molar-refractivity contribution < 1.29 is 9.53 Å². The lowest BCUT2D eigenvalue weighted by molar-refractivity contribution is -0.122. The lowest BCUT2D eigenvalue weighted by atomic mass is 9.76. The van der Waals surface area contributed by atoms with Gasteiger partial charge in [0, 0.05) is 23.1 Å². The molecule has 0 aromatic heterocycles. The highest BCUT2D eigenvalue weighted by Crippen LogP contribution is 2.45. The number of halogens is 1. The lowest BCUT2D eigenvalue weighted by Gasteiger charge is -2.33. The molecule has 4 nitrogen and oxygen atoms in total. The minimum absolute atomic E-state index is 0.00862. The summed E-state index contributed by atoms with van der Waals surface area (Å²) in [4.78, 5) is 13.5. The summed E-state index contributed by atoms with van der Waals surface area (Å²) >= 11 is 6.57. The van der Waals surface area contributed by atoms with E-state index in [0.29, 0.717) is 11.4 Å². The van der Waals surface area contributed by atoms with E-state index in [1.165, 1.54) is 0 Å². The Balaban J connectivity index is 1.61. The number of carbonyl (C=O) groups excluding carboxylic acids is 1. The predicted octanol–water partition coefficient (Wildman–Crippen LogP) is 6.18. The fourth-order valence-electron chi connectivity index (χ4n) is 4.56. The van der Waals surface area contributed by atoms with Crippen LogP contribution in [0.3, 0.4) is 0 Å². The third-order valence-electron chi connectivity index (χ3n) is 6.12. The summed E-state index contributed by atoms with van der Waals surface area (Å²) in [7, 11) is 1.65. The van der Waals surface area contributed by atoms with Gasteiger partial charge in [-0.2, -0.15) is 0 Å². The number of Topliss-reactive ketones (excluding diaryl/α,β-unsaturated/α-hetero) is 1. The third-order valence-corrected chi connectivity index (χ3v) is 6.46. The molecule has 0 amide bonds. The quantitative estimate of drug-likeness (QED) is 0.520. The van der Waals surface area contributed by atoms with Gasteiger partial charge in [-0.05, 0) is 41.5 Å². The molecule has 31 heavy (non-hydrogen) atoms. The van der Waals surface area contributed by atoms with Crippen LogP contribution in [-0.2, 0) is 4.79 Å². The van der Waals surface area contributed by atoms with Gasteiger partial charge in [0.15, 0.2) is 0 Å². The monoisotopic (exact) mass is 430 g/mol. The normalized spacial score (nSPS) is 22.2. The second kappa shape index (κ2) is 8.12. The first-order valence-electron chi connectivity index (χ1n) is 10.4. The summed E-state index contributed by atoms with van der Waals surface area (Å²) in [5.41, 5.74) is 4.85. The van der Waals surface area contributed by atoms with Crippen molar-refractivity contribution in [1.82, 2.24) is 0 Å². The Hall–Kier alpha value is -3.24. The Morgan fingerprint density at radius 2 is 1.65 bits per heavy atom. The van der Waals surface area contributed by atoms with Gasteiger partial charge in [-0.3, -0.25) is 4.79 Å². The van der Waals surface area contributed by atoms with Crippen LogP contribution >= 0.6 is 11.6 Å². The Labute approximate surface area is 186 Å². The molecular weight excluding hydrogens is 408 g/mol. The largest absolute Gasteiger partial charge is 0.497 e. The summed E-state index contributed by atoms with van der Waals surface area (Å²) in [6, 6.07) is 23.5. The molecule has 0 bridgehead atoms. The standard InChI is InChI=1S/C26H23ClN2O2/c1-31-18-12-10-16(11-13-18)17-14-23-25(24(30)15-17)26(19-6-2-3-7-20(19)27)29-22-9-5-4-8-21(22)28-23/h2-14,17,25-26,28-29H,15H2,1H3. The number of rotatable bonds is 3. The van der Waals surface area contributed by atoms with E-state index in [4.69, 9.17) is 16.3 Å². The van der Waals surface area contributed by atoms with Crippen molar-refractivity contribution in [2.45, 2.75) is 18.4 Å². The second-order valence-electron chi connectivity index (χ2n) is 7.96. The van der Waals surface area contributed by atoms with Crippen molar-refractivity contribution in [3.8, 4) is 5.75 Å². The van der Waals surface area contributed by atoms with Gasteiger partial charge >= 0.3 is 0 Å². The van der Waals surface area contributed by atoms with Gasteiger partial charge < -0.3 is 15.4 Å². The number of ketones is 1. The number of para-hydroxylation sites is 2. The first-order valence-corrected chi connectivity index (χ1v) is 10.8. The predicted molar refractivity (Wildman–Crippen MR) is 125 cm³/mol. The van der Waals surface area contributed by atoms with Crippen LogP contribution in [0.4, 0.5) is 11.4 Å². The van der Waals surface area contributed by atoms with Crippen LogP contribution in [0.25, 0.3) is 0 Å². The maximum Gasteiger partial charge on any atom is 0.145 e. The molecule has 0 fully saturated rings. The molecule has 5 heteroatoms. The zero-order valence-electron chi connectivity index (χ0n) is 17.1. The van der Waals surface area contributed by atoms with Gasteiger partial charge in [0.2, 0.25) is 0 Å². The van der Waals surface area contributed by atoms with Crippen LogP contribution in [0.5, 0.6) is 5.75 Å². The topological polar surface area (TPSA) is 50.4 Å². The first-order chi connectivity index (χ1) is 15.1. The van der Waals surface area contributed by atoms with E-state index in [2.05, 4.69) is 16.7 Å². The van der Waals surface area contributed by atoms with Crippen molar-refractivity contribution in [2.75, 3.05) is 17.7 Å². The number of nitrogens with one attached hydrogen (secondary N) is 2. The van der Waals surface area contributed by atoms with E-state index in [1.807, 2.05) is 72.8 Å². The summed E-state index contributed by atoms with van der Waals surface area (Å²) in [5, 5.41) is 7.79. The van der Waals surface area contributed by atoms with Gasteiger partial charge in [0.25, 0.3) is 0 Å². The van der Waals surface area contributed by atoms with Crippen molar-refractivity contribution in [1.29, 1.82) is 0 Å². The Morgan fingerprint density at radius 1 is 0.935 bits per heavy atom. The lowest BCUT2D eigenvalue weighted by Crippen LogP contribution is -2.34. The molecule has 3 atom stereocenters. The number of benzene rings is 3. The number of methoxy groups -OCH3 is 1. The minimum Gasteiger partial charge on any atom is -0.497 e. The molecule has 5 rings (SSSR count). The number of anilines is 2. The van der Waals surface area contributed by atoms with Gasteiger partial charge in [-0.15, -0.1) is 0 Å². The van der Waals surface area contributed by atoms with Crippen LogP contribution in [0, 0.1) is 5.92 Å². The van der Waals surface area contributed by atoms with E-state index >= 15 is 0 Å². The smallest absolute Gasteiger partial charge is 0.145 e. The number of allylic oxidation sites excluding steroid dienone is 1. The van der Waals surface area contributed by atoms with Gasteiger partial charge in [-0.1, -0.05) is 60.1 Å². The van der Waals surface area contributed by atoms with E-state index < -0.39 is 0 Å². The molecule has 1 aliphatic carbocycles. The molecular formula is C26H23ClN2O2. The average Bonchev–Trinajstić information content (AvgIpc) is 2.96. The molecule has 3 unspecified atom stereocenters. The summed E-state index contributed by atoms with van der Waals surface area (Å²) < 4.78 is 5.28. The van der Waals surface area contributed by atoms with Crippen molar-refractivity contribution >= 4 is 28.8 Å². The molecule has 0 saturated heterocycles. The Kier molecular flexibility index (Phi) is 5.16. The van der Waals surface area contributed by atoms with Gasteiger partial charge in [-0.25, -0.2) is 0 Å². The molecule has 1 heterocycles. The van der Waals surface area contributed by atoms with Crippen LogP contribution < -0.4 is 15.4 Å². The van der Waals surface area contributed by atoms with Crippen LogP contribution in [0.2, 0.25) is 5.02 Å². The molecule has 1 aliphatic heterocycles. The molecule has 2 N–H and O–H groups in total. The van der Waals surface area contributed by atoms with Crippen molar-refractivity contribution in [3.05, 3.63) is 101 Å². The molecule has 0 radical (unpaired) electrons. The Bertz CT molecular complexity index is 1160.